The van der Waals surface area contributed by atoms with Crippen LogP contribution in [0.5, 0.6) is 0 Å². The molecular weight excluding hydrogens is 258 g/mol. The second kappa shape index (κ2) is 7.46. The van der Waals surface area contributed by atoms with Crippen molar-refractivity contribution in [3.8, 4) is 0 Å². The van der Waals surface area contributed by atoms with E-state index in [1.165, 1.54) is 16.7 Å². The minimum atomic E-state index is 0.219. The molecule has 0 aliphatic rings. The van der Waals surface area contributed by atoms with Crippen LogP contribution in [-0.4, -0.2) is 6.54 Å². The van der Waals surface area contributed by atoms with Gasteiger partial charge in [0.05, 0.1) is 12.3 Å². The SMILES string of the molecule is CCNC(c1ccc(CC(C)C)cc1)c1ccoc1CC. The van der Waals surface area contributed by atoms with E-state index in [0.717, 1.165) is 25.1 Å². The number of rotatable bonds is 7. The monoisotopic (exact) mass is 285 g/mol. The van der Waals surface area contributed by atoms with Gasteiger partial charge in [-0.1, -0.05) is 52.0 Å². The molecular formula is C19H27NO. The molecule has 114 valence electrons. The molecule has 0 radical (unpaired) electrons. The molecule has 2 rings (SSSR count). The molecule has 2 aromatic rings. The predicted molar refractivity (Wildman–Crippen MR) is 88.6 cm³/mol. The zero-order valence-corrected chi connectivity index (χ0v) is 13.6. The van der Waals surface area contributed by atoms with E-state index >= 15 is 0 Å². The summed E-state index contributed by atoms with van der Waals surface area (Å²) in [7, 11) is 0. The van der Waals surface area contributed by atoms with Gasteiger partial charge in [-0.25, -0.2) is 0 Å². The molecule has 0 spiro atoms. The molecule has 0 aliphatic carbocycles. The molecule has 1 unspecified atom stereocenters. The van der Waals surface area contributed by atoms with Crippen molar-refractivity contribution in [1.29, 1.82) is 0 Å². The summed E-state index contributed by atoms with van der Waals surface area (Å²) in [6.07, 6.45) is 3.86. The fourth-order valence-electron chi connectivity index (χ4n) is 2.82. The highest BCUT2D eigenvalue weighted by atomic mass is 16.3. The van der Waals surface area contributed by atoms with Crippen LogP contribution in [0.3, 0.4) is 0 Å². The summed E-state index contributed by atoms with van der Waals surface area (Å²) < 4.78 is 5.60. The number of hydrogen-bond donors (Lipinski definition) is 1. The van der Waals surface area contributed by atoms with Crippen LogP contribution in [0.1, 0.15) is 56.2 Å². The fraction of sp³-hybridized carbons (Fsp3) is 0.474. The Balaban J connectivity index is 2.26. The van der Waals surface area contributed by atoms with Gasteiger partial charge in [0.25, 0.3) is 0 Å². The number of benzene rings is 1. The molecule has 1 atom stereocenters. The molecule has 1 heterocycles. The highest BCUT2D eigenvalue weighted by molar-refractivity contribution is 5.35. The summed E-state index contributed by atoms with van der Waals surface area (Å²) in [5.74, 6) is 1.77. The van der Waals surface area contributed by atoms with Gasteiger partial charge in [-0.3, -0.25) is 0 Å². The maximum atomic E-state index is 5.60. The summed E-state index contributed by atoms with van der Waals surface area (Å²) in [5.41, 5.74) is 3.98. The molecule has 0 amide bonds. The summed E-state index contributed by atoms with van der Waals surface area (Å²) in [6, 6.07) is 11.3. The van der Waals surface area contributed by atoms with Crippen LogP contribution in [0, 0.1) is 5.92 Å². The fourth-order valence-corrected chi connectivity index (χ4v) is 2.82. The average molecular weight is 285 g/mol. The molecule has 1 N–H and O–H groups in total. The van der Waals surface area contributed by atoms with Gasteiger partial charge in [0.1, 0.15) is 5.76 Å². The molecule has 0 aliphatic heterocycles. The van der Waals surface area contributed by atoms with E-state index in [1.807, 2.05) is 0 Å². The lowest BCUT2D eigenvalue weighted by atomic mass is 9.95. The lowest BCUT2D eigenvalue weighted by molar-refractivity contribution is 0.502. The largest absolute Gasteiger partial charge is 0.469 e. The molecule has 1 aromatic heterocycles. The van der Waals surface area contributed by atoms with E-state index in [0.29, 0.717) is 5.92 Å². The number of furan rings is 1. The number of hydrogen-bond acceptors (Lipinski definition) is 2. The third-order valence-electron chi connectivity index (χ3n) is 3.78. The van der Waals surface area contributed by atoms with Crippen LogP contribution in [0.4, 0.5) is 0 Å². The second-order valence-corrected chi connectivity index (χ2v) is 5.98. The van der Waals surface area contributed by atoms with Gasteiger partial charge in [0.2, 0.25) is 0 Å². The van der Waals surface area contributed by atoms with Crippen molar-refractivity contribution in [3.05, 3.63) is 59.0 Å². The second-order valence-electron chi connectivity index (χ2n) is 5.98. The third kappa shape index (κ3) is 3.98. The predicted octanol–water partition coefficient (Wildman–Crippen LogP) is 4.74. The Bertz CT molecular complexity index is 539. The van der Waals surface area contributed by atoms with Crippen LogP contribution >= 0.6 is 0 Å². The van der Waals surface area contributed by atoms with Crippen LogP contribution in [-0.2, 0) is 12.8 Å². The zero-order chi connectivity index (χ0) is 15.2. The number of aryl methyl sites for hydroxylation is 1. The first-order chi connectivity index (χ1) is 10.2. The highest BCUT2D eigenvalue weighted by Crippen LogP contribution is 2.27. The van der Waals surface area contributed by atoms with E-state index in [4.69, 9.17) is 4.42 Å². The van der Waals surface area contributed by atoms with Crippen molar-refractivity contribution in [1.82, 2.24) is 5.32 Å². The minimum absolute atomic E-state index is 0.219. The van der Waals surface area contributed by atoms with Gasteiger partial charge in [-0.2, -0.15) is 0 Å². The normalized spacial score (nSPS) is 12.8. The summed E-state index contributed by atoms with van der Waals surface area (Å²) in [6.45, 7) is 9.73. The Labute approximate surface area is 128 Å². The molecule has 0 saturated carbocycles. The molecule has 2 nitrogen and oxygen atoms in total. The minimum Gasteiger partial charge on any atom is -0.469 e. The van der Waals surface area contributed by atoms with Crippen LogP contribution in [0.15, 0.2) is 41.0 Å². The molecule has 0 fully saturated rings. The van der Waals surface area contributed by atoms with E-state index in [2.05, 4.69) is 63.3 Å². The number of nitrogens with one attached hydrogen (secondary N) is 1. The summed E-state index contributed by atoms with van der Waals surface area (Å²) >= 11 is 0. The van der Waals surface area contributed by atoms with Gasteiger partial charge >= 0.3 is 0 Å². The Morgan fingerprint density at radius 3 is 2.33 bits per heavy atom. The van der Waals surface area contributed by atoms with Crippen molar-refractivity contribution >= 4 is 0 Å². The highest BCUT2D eigenvalue weighted by Gasteiger charge is 2.18. The molecule has 0 saturated heterocycles. The van der Waals surface area contributed by atoms with Gasteiger partial charge in [0, 0.05) is 12.0 Å². The van der Waals surface area contributed by atoms with Gasteiger partial charge in [-0.15, -0.1) is 0 Å². The molecule has 0 bridgehead atoms. The summed E-state index contributed by atoms with van der Waals surface area (Å²) in [4.78, 5) is 0. The van der Waals surface area contributed by atoms with Crippen LogP contribution in [0.25, 0.3) is 0 Å². The Morgan fingerprint density at radius 2 is 1.76 bits per heavy atom. The topological polar surface area (TPSA) is 25.2 Å². The average Bonchev–Trinajstić information content (AvgIpc) is 2.93. The lowest BCUT2D eigenvalue weighted by Crippen LogP contribution is -2.22. The Kier molecular flexibility index (Phi) is 5.63. The van der Waals surface area contributed by atoms with E-state index in [1.54, 1.807) is 6.26 Å². The van der Waals surface area contributed by atoms with Gasteiger partial charge in [0.15, 0.2) is 0 Å². The Hall–Kier alpha value is -1.54. The zero-order valence-electron chi connectivity index (χ0n) is 13.6. The van der Waals surface area contributed by atoms with Gasteiger partial charge < -0.3 is 9.73 Å². The van der Waals surface area contributed by atoms with E-state index < -0.39 is 0 Å². The van der Waals surface area contributed by atoms with Crippen LogP contribution < -0.4 is 5.32 Å². The molecule has 1 aromatic carbocycles. The van der Waals surface area contributed by atoms with Crippen molar-refractivity contribution in [2.75, 3.05) is 6.54 Å². The molecule has 2 heteroatoms. The maximum Gasteiger partial charge on any atom is 0.108 e. The first-order valence-corrected chi connectivity index (χ1v) is 8.04. The third-order valence-corrected chi connectivity index (χ3v) is 3.78. The first kappa shape index (κ1) is 15.8. The van der Waals surface area contributed by atoms with Crippen molar-refractivity contribution in [2.45, 2.75) is 46.6 Å². The van der Waals surface area contributed by atoms with Gasteiger partial charge in [-0.05, 0) is 36.1 Å². The van der Waals surface area contributed by atoms with Crippen LogP contribution in [0.2, 0.25) is 0 Å². The van der Waals surface area contributed by atoms with Crippen molar-refractivity contribution < 1.29 is 4.42 Å². The first-order valence-electron chi connectivity index (χ1n) is 8.04. The quantitative estimate of drug-likeness (QED) is 0.795. The smallest absolute Gasteiger partial charge is 0.108 e. The lowest BCUT2D eigenvalue weighted by Gasteiger charge is -2.19. The molecule has 21 heavy (non-hydrogen) atoms. The standard InChI is InChI=1S/C19H27NO/c1-5-18-17(11-12-21-18)19(20-6-2)16-9-7-15(8-10-16)13-14(3)4/h7-12,14,19-20H,5-6,13H2,1-4H3. The summed E-state index contributed by atoms with van der Waals surface area (Å²) in [5, 5.41) is 3.58. The van der Waals surface area contributed by atoms with E-state index in [9.17, 15) is 0 Å². The van der Waals surface area contributed by atoms with E-state index in [-0.39, 0.29) is 6.04 Å². The van der Waals surface area contributed by atoms with Crippen molar-refractivity contribution in [2.24, 2.45) is 5.92 Å². The maximum absolute atomic E-state index is 5.60. The van der Waals surface area contributed by atoms with Crippen molar-refractivity contribution in [3.63, 3.8) is 0 Å². The Morgan fingerprint density at radius 1 is 1.05 bits per heavy atom.